The molecule has 0 saturated carbocycles. The molecule has 0 amide bonds. The van der Waals surface area contributed by atoms with Crippen LogP contribution >= 0.6 is 0 Å². The Labute approximate surface area is 96.5 Å². The normalized spacial score (nSPS) is 11.9. The molecule has 0 spiro atoms. The summed E-state index contributed by atoms with van der Waals surface area (Å²) < 4.78 is 35.2. The van der Waals surface area contributed by atoms with Crippen LogP contribution in [0.25, 0.3) is 0 Å². The van der Waals surface area contributed by atoms with Crippen molar-refractivity contribution in [2.45, 2.75) is 39.3 Å². The van der Waals surface area contributed by atoms with Gasteiger partial charge in [0, 0.05) is 5.75 Å². The maximum absolute atomic E-state index is 10.4. The largest absolute Gasteiger partial charge is 0.748 e. The molecule has 16 heavy (non-hydrogen) atoms. The highest BCUT2D eigenvalue weighted by Crippen LogP contribution is 1.97. The van der Waals surface area contributed by atoms with Crippen LogP contribution in [-0.2, 0) is 23.2 Å². The van der Waals surface area contributed by atoms with Gasteiger partial charge in [-0.25, -0.2) is 17.6 Å². The molecule has 0 aromatic carbocycles. The van der Waals surface area contributed by atoms with Crippen molar-refractivity contribution in [3.05, 3.63) is 18.7 Å². The van der Waals surface area contributed by atoms with E-state index in [9.17, 15) is 13.0 Å². The summed E-state index contributed by atoms with van der Waals surface area (Å²) in [6.07, 6.45) is 8.17. The highest BCUT2D eigenvalue weighted by molar-refractivity contribution is 7.85. The summed E-state index contributed by atoms with van der Waals surface area (Å²) in [7, 11) is -4.05. The van der Waals surface area contributed by atoms with E-state index in [1.807, 2.05) is 23.3 Å². The summed E-state index contributed by atoms with van der Waals surface area (Å²) in [5.41, 5.74) is 0. The van der Waals surface area contributed by atoms with Crippen molar-refractivity contribution in [3.63, 3.8) is 0 Å². The molecule has 92 valence electrons. The molecular formula is C10H18N2O3S. The summed E-state index contributed by atoms with van der Waals surface area (Å²) in [5.74, 6) is -0.261. The molecule has 6 heteroatoms. The molecule has 0 aliphatic rings. The molecule has 1 rings (SSSR count). The van der Waals surface area contributed by atoms with Gasteiger partial charge in [-0.05, 0) is 19.3 Å². The zero-order valence-corrected chi connectivity index (χ0v) is 10.3. The summed E-state index contributed by atoms with van der Waals surface area (Å²) in [5, 5.41) is 0. The SMILES string of the molecule is CCC[n+]1ccn(CCCCS(=O)(=O)[O-])c1. The summed E-state index contributed by atoms with van der Waals surface area (Å²) in [6.45, 7) is 3.86. The maximum Gasteiger partial charge on any atom is 0.243 e. The minimum absolute atomic E-state index is 0.261. The van der Waals surface area contributed by atoms with Gasteiger partial charge in [-0.15, -0.1) is 0 Å². The van der Waals surface area contributed by atoms with Crippen LogP contribution in [0.15, 0.2) is 18.7 Å². The van der Waals surface area contributed by atoms with Crippen molar-refractivity contribution in [2.24, 2.45) is 0 Å². The van der Waals surface area contributed by atoms with Gasteiger partial charge in [0.2, 0.25) is 6.33 Å². The minimum atomic E-state index is -4.05. The number of aryl methyl sites for hydroxylation is 2. The van der Waals surface area contributed by atoms with Crippen LogP contribution in [0, 0.1) is 0 Å². The first-order valence-electron chi connectivity index (χ1n) is 5.49. The van der Waals surface area contributed by atoms with E-state index in [4.69, 9.17) is 0 Å². The van der Waals surface area contributed by atoms with Crippen LogP contribution in [0.1, 0.15) is 26.2 Å². The Kier molecular flexibility index (Phi) is 4.95. The third-order valence-electron chi connectivity index (χ3n) is 2.29. The fraction of sp³-hybridized carbons (Fsp3) is 0.700. The lowest BCUT2D eigenvalue weighted by atomic mass is 10.3. The first-order valence-corrected chi connectivity index (χ1v) is 7.07. The zero-order valence-electron chi connectivity index (χ0n) is 9.50. The fourth-order valence-corrected chi connectivity index (χ4v) is 2.09. The number of nitrogens with zero attached hydrogens (tertiary/aromatic N) is 2. The highest BCUT2D eigenvalue weighted by Gasteiger charge is 2.02. The molecule has 0 N–H and O–H groups in total. The molecule has 0 aliphatic carbocycles. The Hall–Kier alpha value is -0.880. The average molecular weight is 246 g/mol. The van der Waals surface area contributed by atoms with E-state index in [2.05, 4.69) is 11.5 Å². The van der Waals surface area contributed by atoms with E-state index in [1.54, 1.807) is 0 Å². The number of hydrogen-bond donors (Lipinski definition) is 0. The summed E-state index contributed by atoms with van der Waals surface area (Å²) in [6, 6.07) is 0. The summed E-state index contributed by atoms with van der Waals surface area (Å²) >= 11 is 0. The molecule has 0 saturated heterocycles. The van der Waals surface area contributed by atoms with Crippen molar-refractivity contribution >= 4 is 10.1 Å². The van der Waals surface area contributed by atoms with Gasteiger partial charge in [-0.1, -0.05) is 6.92 Å². The van der Waals surface area contributed by atoms with Crippen molar-refractivity contribution < 1.29 is 17.5 Å². The van der Waals surface area contributed by atoms with Crippen molar-refractivity contribution in [3.8, 4) is 0 Å². The predicted octanol–water partition coefficient (Wildman–Crippen LogP) is 0.511. The first kappa shape index (κ1) is 13.2. The number of rotatable bonds is 7. The zero-order chi connectivity index (χ0) is 12.0. The topological polar surface area (TPSA) is 66.0 Å². The first-order chi connectivity index (χ1) is 7.51. The fourth-order valence-electron chi connectivity index (χ4n) is 1.53. The maximum atomic E-state index is 10.4. The van der Waals surface area contributed by atoms with E-state index >= 15 is 0 Å². The second-order valence-corrected chi connectivity index (χ2v) is 5.38. The van der Waals surface area contributed by atoms with Gasteiger partial charge in [0.05, 0.1) is 23.2 Å². The quantitative estimate of drug-likeness (QED) is 0.400. The Bertz CT molecular complexity index is 411. The average Bonchev–Trinajstić information content (AvgIpc) is 2.60. The predicted molar refractivity (Wildman–Crippen MR) is 58.7 cm³/mol. The van der Waals surface area contributed by atoms with Crippen molar-refractivity contribution in [1.29, 1.82) is 0 Å². The van der Waals surface area contributed by atoms with Gasteiger partial charge < -0.3 is 4.55 Å². The summed E-state index contributed by atoms with van der Waals surface area (Å²) in [4.78, 5) is 0. The molecule has 0 atom stereocenters. The molecular weight excluding hydrogens is 228 g/mol. The number of imidazole rings is 1. The second kappa shape index (κ2) is 6.00. The molecule has 0 fully saturated rings. The van der Waals surface area contributed by atoms with Crippen LogP contribution in [-0.4, -0.2) is 23.3 Å². The Morgan fingerprint density at radius 1 is 1.38 bits per heavy atom. The molecule has 1 aromatic rings. The Morgan fingerprint density at radius 2 is 2.12 bits per heavy atom. The van der Waals surface area contributed by atoms with Gasteiger partial charge in [0.15, 0.2) is 0 Å². The van der Waals surface area contributed by atoms with Gasteiger partial charge >= 0.3 is 0 Å². The lowest BCUT2D eigenvalue weighted by Crippen LogP contribution is -2.30. The van der Waals surface area contributed by atoms with E-state index in [-0.39, 0.29) is 5.75 Å². The van der Waals surface area contributed by atoms with E-state index in [0.717, 1.165) is 19.5 Å². The number of aromatic nitrogens is 2. The highest BCUT2D eigenvalue weighted by atomic mass is 32.2. The standard InChI is InChI=1S/C10H18N2O3S/c1-2-5-11-7-8-12(10-11)6-3-4-9-16(13,14)15/h7-8,10H,2-6,9H2,1H3. The molecule has 1 heterocycles. The van der Waals surface area contributed by atoms with Gasteiger partial charge in [0.1, 0.15) is 12.4 Å². The third kappa shape index (κ3) is 5.27. The third-order valence-corrected chi connectivity index (χ3v) is 3.08. The van der Waals surface area contributed by atoms with Gasteiger partial charge in [-0.2, -0.15) is 0 Å². The van der Waals surface area contributed by atoms with Crippen LogP contribution < -0.4 is 4.57 Å². The van der Waals surface area contributed by atoms with E-state index in [1.165, 1.54) is 0 Å². The van der Waals surface area contributed by atoms with Crippen LogP contribution in [0.3, 0.4) is 0 Å². The smallest absolute Gasteiger partial charge is 0.243 e. The Morgan fingerprint density at radius 3 is 2.75 bits per heavy atom. The second-order valence-electron chi connectivity index (χ2n) is 3.86. The van der Waals surface area contributed by atoms with E-state index < -0.39 is 10.1 Å². The van der Waals surface area contributed by atoms with E-state index in [0.29, 0.717) is 12.8 Å². The number of unbranched alkanes of at least 4 members (excludes halogenated alkanes) is 1. The molecule has 0 unspecified atom stereocenters. The van der Waals surface area contributed by atoms with Crippen LogP contribution in [0.4, 0.5) is 0 Å². The lowest BCUT2D eigenvalue weighted by Gasteiger charge is -2.04. The molecule has 0 radical (unpaired) electrons. The van der Waals surface area contributed by atoms with Crippen LogP contribution in [0.2, 0.25) is 0 Å². The van der Waals surface area contributed by atoms with Crippen LogP contribution in [0.5, 0.6) is 0 Å². The molecule has 0 aliphatic heterocycles. The van der Waals surface area contributed by atoms with Crippen molar-refractivity contribution in [1.82, 2.24) is 4.57 Å². The number of hydrogen-bond acceptors (Lipinski definition) is 3. The molecule has 0 bridgehead atoms. The monoisotopic (exact) mass is 246 g/mol. The van der Waals surface area contributed by atoms with Gasteiger partial charge in [-0.3, -0.25) is 0 Å². The molecule has 5 nitrogen and oxygen atoms in total. The van der Waals surface area contributed by atoms with Gasteiger partial charge in [0.25, 0.3) is 0 Å². The lowest BCUT2D eigenvalue weighted by molar-refractivity contribution is -0.696. The minimum Gasteiger partial charge on any atom is -0.748 e. The Balaban J connectivity index is 2.26. The van der Waals surface area contributed by atoms with Crippen molar-refractivity contribution in [2.75, 3.05) is 5.75 Å². The molecule has 1 aromatic heterocycles.